The zero-order valence-corrected chi connectivity index (χ0v) is 12.6. The highest BCUT2D eigenvalue weighted by Crippen LogP contribution is 2.36. The average molecular weight is 452 g/mol. The monoisotopic (exact) mass is 450 g/mol. The van der Waals surface area contributed by atoms with Gasteiger partial charge >= 0.3 is 0 Å². The molecule has 1 heterocycles. The predicted molar refractivity (Wildman–Crippen MR) is 70.7 cm³/mol. The summed E-state index contributed by atoms with van der Waals surface area (Å²) in [6.45, 7) is 0. The van der Waals surface area contributed by atoms with Crippen molar-refractivity contribution in [1.82, 2.24) is 8.75 Å². The Bertz CT molecular complexity index is 488. The summed E-state index contributed by atoms with van der Waals surface area (Å²) in [5, 5.41) is 0. The first-order valence-electron chi connectivity index (χ1n) is 3.49. The van der Waals surface area contributed by atoms with Crippen molar-refractivity contribution in [2.75, 3.05) is 0 Å². The molecule has 0 amide bonds. The van der Waals surface area contributed by atoms with Crippen LogP contribution in [0, 0.1) is 9.39 Å². The Morgan fingerprint density at radius 1 is 1.36 bits per heavy atom. The van der Waals surface area contributed by atoms with Crippen molar-refractivity contribution in [3.05, 3.63) is 21.0 Å². The Kier molecular flexibility index (Phi) is 3.40. The second-order valence-electron chi connectivity index (χ2n) is 2.52. The van der Waals surface area contributed by atoms with E-state index in [0.717, 1.165) is 22.8 Å². The van der Waals surface area contributed by atoms with Crippen LogP contribution < -0.4 is 0 Å². The van der Waals surface area contributed by atoms with Gasteiger partial charge in [-0.05, 0) is 28.7 Å². The van der Waals surface area contributed by atoms with Gasteiger partial charge in [-0.15, -0.1) is 0 Å². The lowest BCUT2D eigenvalue weighted by atomic mass is 10.2. The smallest absolute Gasteiger partial charge is 0.139 e. The van der Waals surface area contributed by atoms with Crippen molar-refractivity contribution >= 4 is 77.2 Å². The van der Waals surface area contributed by atoms with Crippen LogP contribution in [-0.4, -0.2) is 8.75 Å². The molecule has 14 heavy (non-hydrogen) atoms. The highest BCUT2D eigenvalue weighted by Gasteiger charge is 2.17. The summed E-state index contributed by atoms with van der Waals surface area (Å²) >= 11 is 9.69. The molecule has 0 radical (unpaired) electrons. The SMILES string of the molecule is Fc1cc(C(Br)Br)c2nsnc2c1I. The first-order chi connectivity index (χ1) is 6.61. The van der Waals surface area contributed by atoms with E-state index in [2.05, 4.69) is 40.6 Å². The summed E-state index contributed by atoms with van der Waals surface area (Å²) in [4.78, 5) is 0. The molecule has 2 rings (SSSR count). The minimum atomic E-state index is -0.260. The Morgan fingerprint density at radius 2 is 2.00 bits per heavy atom. The van der Waals surface area contributed by atoms with Gasteiger partial charge in [0.05, 0.1) is 19.0 Å². The first-order valence-corrected chi connectivity index (χ1v) is 7.13. The minimum absolute atomic E-state index is 0.104. The number of hydrogen-bond donors (Lipinski definition) is 0. The summed E-state index contributed by atoms with van der Waals surface area (Å²) in [6, 6.07) is 1.47. The molecule has 7 heteroatoms. The van der Waals surface area contributed by atoms with Crippen LogP contribution in [0.15, 0.2) is 6.07 Å². The van der Waals surface area contributed by atoms with E-state index in [-0.39, 0.29) is 9.55 Å². The molecule has 0 unspecified atom stereocenters. The molecular formula is C7H2Br2FIN2S. The topological polar surface area (TPSA) is 25.8 Å². The summed E-state index contributed by atoms with van der Waals surface area (Å²) in [6.07, 6.45) is 0. The fourth-order valence-electron chi connectivity index (χ4n) is 1.07. The van der Waals surface area contributed by atoms with Crippen molar-refractivity contribution in [3.8, 4) is 0 Å². The molecule has 2 nitrogen and oxygen atoms in total. The zero-order chi connectivity index (χ0) is 10.3. The average Bonchev–Trinajstić information content (AvgIpc) is 2.59. The molecule has 0 bridgehead atoms. The van der Waals surface area contributed by atoms with Gasteiger partial charge in [-0.3, -0.25) is 0 Å². The molecule has 1 aromatic carbocycles. The molecule has 1 aromatic heterocycles. The number of rotatable bonds is 1. The summed E-state index contributed by atoms with van der Waals surface area (Å²) in [5.74, 6) is -0.260. The Morgan fingerprint density at radius 3 is 2.64 bits per heavy atom. The van der Waals surface area contributed by atoms with Gasteiger partial charge in [0, 0.05) is 5.56 Å². The Balaban J connectivity index is 2.84. The lowest BCUT2D eigenvalue weighted by Gasteiger charge is -2.04. The lowest BCUT2D eigenvalue weighted by Crippen LogP contribution is -1.91. The maximum atomic E-state index is 13.4. The van der Waals surface area contributed by atoms with Gasteiger partial charge in [-0.25, -0.2) is 4.39 Å². The van der Waals surface area contributed by atoms with E-state index in [9.17, 15) is 4.39 Å². The van der Waals surface area contributed by atoms with E-state index in [1.54, 1.807) is 0 Å². The van der Waals surface area contributed by atoms with Crippen molar-refractivity contribution < 1.29 is 4.39 Å². The van der Waals surface area contributed by atoms with Gasteiger partial charge in [0.15, 0.2) is 0 Å². The van der Waals surface area contributed by atoms with Gasteiger partial charge in [0.2, 0.25) is 0 Å². The number of alkyl halides is 2. The van der Waals surface area contributed by atoms with Gasteiger partial charge in [0.1, 0.15) is 16.9 Å². The van der Waals surface area contributed by atoms with Crippen LogP contribution in [0.5, 0.6) is 0 Å². The third-order valence-electron chi connectivity index (χ3n) is 1.70. The lowest BCUT2D eigenvalue weighted by molar-refractivity contribution is 0.621. The largest absolute Gasteiger partial charge is 0.206 e. The van der Waals surface area contributed by atoms with E-state index in [0.29, 0.717) is 9.09 Å². The van der Waals surface area contributed by atoms with Gasteiger partial charge < -0.3 is 0 Å². The molecule has 0 atom stereocenters. The van der Waals surface area contributed by atoms with Crippen LogP contribution in [0.3, 0.4) is 0 Å². The minimum Gasteiger partial charge on any atom is -0.206 e. The summed E-state index contributed by atoms with van der Waals surface area (Å²) in [7, 11) is 0. The molecule has 0 aliphatic rings. The van der Waals surface area contributed by atoms with E-state index in [1.807, 2.05) is 22.6 Å². The predicted octanol–water partition coefficient (Wildman–Crippen LogP) is 4.22. The highest BCUT2D eigenvalue weighted by molar-refractivity contribution is 14.1. The number of aromatic nitrogens is 2. The van der Waals surface area contributed by atoms with Crippen LogP contribution in [0.4, 0.5) is 4.39 Å². The summed E-state index contributed by atoms with van der Waals surface area (Å²) in [5.41, 5.74) is 2.15. The number of hydrogen-bond acceptors (Lipinski definition) is 3. The molecule has 0 N–H and O–H groups in total. The molecular weight excluding hydrogens is 450 g/mol. The molecule has 74 valence electrons. The second-order valence-corrected chi connectivity index (χ2v) is 7.19. The number of benzene rings is 1. The molecule has 0 aliphatic heterocycles. The first kappa shape index (κ1) is 11.2. The standard InChI is InChI=1S/C7H2Br2FIN2S/c8-7(9)2-1-3(10)4(11)6-5(2)12-14-13-6/h1,7H. The summed E-state index contributed by atoms with van der Waals surface area (Å²) < 4.78 is 22.1. The molecule has 0 fully saturated rings. The van der Waals surface area contributed by atoms with Crippen LogP contribution in [0.1, 0.15) is 9.30 Å². The maximum absolute atomic E-state index is 13.4. The maximum Gasteiger partial charge on any atom is 0.139 e. The zero-order valence-electron chi connectivity index (χ0n) is 6.47. The highest BCUT2D eigenvalue weighted by atomic mass is 127. The van der Waals surface area contributed by atoms with Gasteiger partial charge in [0.25, 0.3) is 0 Å². The van der Waals surface area contributed by atoms with Crippen molar-refractivity contribution in [1.29, 1.82) is 0 Å². The van der Waals surface area contributed by atoms with Crippen molar-refractivity contribution in [3.63, 3.8) is 0 Å². The third kappa shape index (κ3) is 1.83. The van der Waals surface area contributed by atoms with Gasteiger partial charge in [-0.1, -0.05) is 31.9 Å². The Labute approximate surface area is 114 Å². The third-order valence-corrected chi connectivity index (χ3v) is 4.24. The molecule has 2 aromatic rings. The fraction of sp³-hybridized carbons (Fsp3) is 0.143. The number of halogens is 4. The van der Waals surface area contributed by atoms with E-state index < -0.39 is 0 Å². The fourth-order valence-corrected chi connectivity index (χ4v) is 3.04. The number of nitrogens with zero attached hydrogens (tertiary/aromatic N) is 2. The van der Waals surface area contributed by atoms with Gasteiger partial charge in [-0.2, -0.15) is 8.75 Å². The van der Waals surface area contributed by atoms with E-state index >= 15 is 0 Å². The van der Waals surface area contributed by atoms with Crippen LogP contribution >= 0.6 is 66.2 Å². The molecule has 0 saturated heterocycles. The van der Waals surface area contributed by atoms with Crippen LogP contribution in [0.25, 0.3) is 11.0 Å². The van der Waals surface area contributed by atoms with Crippen LogP contribution in [-0.2, 0) is 0 Å². The van der Waals surface area contributed by atoms with Crippen molar-refractivity contribution in [2.24, 2.45) is 0 Å². The molecule has 0 spiro atoms. The van der Waals surface area contributed by atoms with Crippen molar-refractivity contribution in [2.45, 2.75) is 3.74 Å². The Hall–Kier alpha value is 0.660. The van der Waals surface area contributed by atoms with E-state index in [4.69, 9.17) is 0 Å². The van der Waals surface area contributed by atoms with Crippen LogP contribution in [0.2, 0.25) is 0 Å². The quantitative estimate of drug-likeness (QED) is 0.479. The number of fused-ring (bicyclic) bond motifs is 1. The molecule has 0 saturated carbocycles. The second kappa shape index (κ2) is 4.26. The normalized spacial score (nSPS) is 11.5. The molecule has 0 aliphatic carbocycles. The van der Waals surface area contributed by atoms with E-state index in [1.165, 1.54) is 6.07 Å².